The number of nitrogens with one attached hydrogen (secondary N) is 1. The van der Waals surface area contributed by atoms with Crippen LogP contribution in [0.2, 0.25) is 0 Å². The Morgan fingerprint density at radius 3 is 2.11 bits per heavy atom. The number of thioether (sulfide) groups is 1. The van der Waals surface area contributed by atoms with E-state index in [2.05, 4.69) is 17.4 Å². The molecule has 6 heteroatoms. The molecular formula is C21H23NO4S. The quantitative estimate of drug-likeness (QED) is 0.782. The lowest BCUT2D eigenvalue weighted by atomic mass is 9.98. The van der Waals surface area contributed by atoms with Crippen molar-refractivity contribution in [2.45, 2.75) is 30.6 Å². The molecule has 2 aromatic rings. The number of carbonyl (C=O) groups excluding carboxylic acids is 1. The van der Waals surface area contributed by atoms with Gasteiger partial charge in [0.2, 0.25) is 0 Å². The summed E-state index contributed by atoms with van der Waals surface area (Å²) in [6.45, 7) is 3.71. The minimum Gasteiger partial charge on any atom is -0.480 e. The van der Waals surface area contributed by atoms with Crippen LogP contribution >= 0.6 is 11.8 Å². The number of rotatable bonds is 6. The van der Waals surface area contributed by atoms with Crippen molar-refractivity contribution < 1.29 is 19.4 Å². The highest BCUT2D eigenvalue weighted by molar-refractivity contribution is 8.00. The van der Waals surface area contributed by atoms with E-state index < -0.39 is 22.9 Å². The molecule has 0 unspecified atom stereocenters. The molecule has 1 atom stereocenters. The molecule has 1 aliphatic rings. The Bertz CT molecular complexity index is 819. The smallest absolute Gasteiger partial charge is 0.407 e. The third-order valence-electron chi connectivity index (χ3n) is 5.07. The molecule has 0 saturated carbocycles. The zero-order valence-corrected chi connectivity index (χ0v) is 16.4. The number of amides is 1. The number of aliphatic carboxylic acids is 1. The van der Waals surface area contributed by atoms with Gasteiger partial charge in [0.05, 0.1) is 0 Å². The summed E-state index contributed by atoms with van der Waals surface area (Å²) in [5.41, 5.74) is 4.53. The van der Waals surface area contributed by atoms with E-state index in [4.69, 9.17) is 4.74 Å². The largest absolute Gasteiger partial charge is 0.480 e. The predicted octanol–water partition coefficient (Wildman–Crippen LogP) is 4.12. The van der Waals surface area contributed by atoms with Gasteiger partial charge in [-0.1, -0.05) is 48.5 Å². The number of alkyl carbamates (subject to hydrolysis) is 1. The molecule has 1 amide bonds. The maximum Gasteiger partial charge on any atom is 0.407 e. The average molecular weight is 385 g/mol. The second-order valence-electron chi connectivity index (χ2n) is 7.05. The van der Waals surface area contributed by atoms with Gasteiger partial charge in [-0.15, -0.1) is 0 Å². The van der Waals surface area contributed by atoms with Crippen LogP contribution in [0.1, 0.15) is 30.9 Å². The SMILES string of the molecule is CSC(C)(C)[C@H](NC(=O)OCC1c2ccccc2-c2ccccc21)C(=O)O. The van der Waals surface area contributed by atoms with Crippen LogP contribution in [0, 0.1) is 0 Å². The van der Waals surface area contributed by atoms with Gasteiger partial charge >= 0.3 is 12.1 Å². The molecule has 2 aromatic carbocycles. The molecule has 142 valence electrons. The topological polar surface area (TPSA) is 75.6 Å². The summed E-state index contributed by atoms with van der Waals surface area (Å²) in [5.74, 6) is -1.14. The molecule has 0 fully saturated rings. The summed E-state index contributed by atoms with van der Waals surface area (Å²) >= 11 is 1.38. The highest BCUT2D eigenvalue weighted by Crippen LogP contribution is 2.44. The Labute approximate surface area is 163 Å². The van der Waals surface area contributed by atoms with Gasteiger partial charge in [0.15, 0.2) is 0 Å². The predicted molar refractivity (Wildman–Crippen MR) is 107 cm³/mol. The Balaban J connectivity index is 1.73. The van der Waals surface area contributed by atoms with E-state index in [1.54, 1.807) is 13.8 Å². The summed E-state index contributed by atoms with van der Waals surface area (Å²) in [5, 5.41) is 11.9. The molecule has 0 spiro atoms. The zero-order valence-electron chi connectivity index (χ0n) is 15.6. The van der Waals surface area contributed by atoms with E-state index in [-0.39, 0.29) is 12.5 Å². The van der Waals surface area contributed by atoms with Crippen LogP contribution in [0.5, 0.6) is 0 Å². The third-order valence-corrected chi connectivity index (χ3v) is 6.36. The number of carbonyl (C=O) groups is 2. The number of hydrogen-bond acceptors (Lipinski definition) is 4. The number of ether oxygens (including phenoxy) is 1. The third kappa shape index (κ3) is 3.81. The molecule has 0 saturated heterocycles. The summed E-state index contributed by atoms with van der Waals surface area (Å²) in [6.07, 6.45) is 1.10. The van der Waals surface area contributed by atoms with Crippen LogP contribution in [-0.4, -0.2) is 40.8 Å². The van der Waals surface area contributed by atoms with Gasteiger partial charge in [-0.3, -0.25) is 0 Å². The number of carboxylic acid groups (broad SMARTS) is 1. The first-order chi connectivity index (χ1) is 12.8. The Morgan fingerprint density at radius 2 is 1.63 bits per heavy atom. The van der Waals surface area contributed by atoms with Gasteiger partial charge in [-0.05, 0) is 42.4 Å². The van der Waals surface area contributed by atoms with Crippen molar-refractivity contribution in [3.63, 3.8) is 0 Å². The maximum atomic E-state index is 12.3. The van der Waals surface area contributed by atoms with Crippen molar-refractivity contribution in [3.05, 3.63) is 59.7 Å². The molecule has 5 nitrogen and oxygen atoms in total. The minimum absolute atomic E-state index is 0.0556. The highest BCUT2D eigenvalue weighted by atomic mass is 32.2. The summed E-state index contributed by atoms with van der Waals surface area (Å²) in [7, 11) is 0. The number of fused-ring (bicyclic) bond motifs is 3. The van der Waals surface area contributed by atoms with E-state index in [1.807, 2.05) is 42.7 Å². The number of hydrogen-bond donors (Lipinski definition) is 2. The molecular weight excluding hydrogens is 362 g/mol. The summed E-state index contributed by atoms with van der Waals surface area (Å²) in [4.78, 5) is 23.8. The summed E-state index contributed by atoms with van der Waals surface area (Å²) < 4.78 is 4.78. The summed E-state index contributed by atoms with van der Waals surface area (Å²) in [6, 6.07) is 15.1. The molecule has 0 aromatic heterocycles. The van der Waals surface area contributed by atoms with E-state index >= 15 is 0 Å². The lowest BCUT2D eigenvalue weighted by Crippen LogP contribution is -2.52. The molecule has 0 aliphatic heterocycles. The van der Waals surface area contributed by atoms with Crippen LogP contribution in [0.15, 0.2) is 48.5 Å². The lowest BCUT2D eigenvalue weighted by molar-refractivity contribution is -0.140. The first-order valence-corrected chi connectivity index (χ1v) is 9.97. The van der Waals surface area contributed by atoms with Crippen LogP contribution in [0.4, 0.5) is 4.79 Å². The molecule has 3 rings (SSSR count). The molecule has 27 heavy (non-hydrogen) atoms. The Kier molecular flexibility index (Phi) is 5.46. The minimum atomic E-state index is -1.08. The lowest BCUT2D eigenvalue weighted by Gasteiger charge is -2.29. The highest BCUT2D eigenvalue weighted by Gasteiger charge is 2.37. The Morgan fingerprint density at radius 1 is 1.11 bits per heavy atom. The van der Waals surface area contributed by atoms with Crippen molar-refractivity contribution >= 4 is 23.8 Å². The van der Waals surface area contributed by atoms with Gasteiger partial charge in [-0.2, -0.15) is 11.8 Å². The second kappa shape index (κ2) is 7.64. The van der Waals surface area contributed by atoms with Crippen molar-refractivity contribution in [2.24, 2.45) is 0 Å². The van der Waals surface area contributed by atoms with Crippen molar-refractivity contribution in [1.29, 1.82) is 0 Å². The van der Waals surface area contributed by atoms with Gasteiger partial charge in [0, 0.05) is 10.7 Å². The van der Waals surface area contributed by atoms with E-state index in [0.29, 0.717) is 0 Å². The van der Waals surface area contributed by atoms with Crippen LogP contribution in [0.3, 0.4) is 0 Å². The van der Waals surface area contributed by atoms with Crippen molar-refractivity contribution in [2.75, 3.05) is 12.9 Å². The van der Waals surface area contributed by atoms with Crippen LogP contribution in [-0.2, 0) is 9.53 Å². The fourth-order valence-corrected chi connectivity index (χ4v) is 3.80. The Hall–Kier alpha value is -2.47. The van der Waals surface area contributed by atoms with E-state index in [9.17, 15) is 14.7 Å². The number of carboxylic acids is 1. The van der Waals surface area contributed by atoms with Gasteiger partial charge < -0.3 is 15.2 Å². The normalized spacial score (nSPS) is 14.2. The van der Waals surface area contributed by atoms with E-state index in [1.165, 1.54) is 11.8 Å². The van der Waals surface area contributed by atoms with Gasteiger partial charge in [-0.25, -0.2) is 9.59 Å². The van der Waals surface area contributed by atoms with Crippen LogP contribution < -0.4 is 5.32 Å². The van der Waals surface area contributed by atoms with E-state index in [0.717, 1.165) is 22.3 Å². The second-order valence-corrected chi connectivity index (χ2v) is 8.51. The maximum absolute atomic E-state index is 12.3. The molecule has 0 heterocycles. The molecule has 0 radical (unpaired) electrons. The monoisotopic (exact) mass is 385 g/mol. The standard InChI is InChI=1S/C21H23NO4S/c1-21(2,27-3)18(19(23)24)22-20(25)26-12-17-15-10-6-4-8-13(15)14-9-5-7-11-16(14)17/h4-11,17-18H,12H2,1-3H3,(H,22,25)(H,23,24)/t18-/m1/s1. The molecule has 0 bridgehead atoms. The fraction of sp³-hybridized carbons (Fsp3) is 0.333. The first-order valence-electron chi connectivity index (χ1n) is 8.74. The number of benzene rings is 2. The first kappa shape index (κ1) is 19.3. The van der Waals surface area contributed by atoms with Gasteiger partial charge in [0.25, 0.3) is 0 Å². The average Bonchev–Trinajstić information content (AvgIpc) is 2.98. The molecule has 1 aliphatic carbocycles. The van der Waals surface area contributed by atoms with Crippen molar-refractivity contribution in [3.8, 4) is 11.1 Å². The van der Waals surface area contributed by atoms with Crippen LogP contribution in [0.25, 0.3) is 11.1 Å². The fourth-order valence-electron chi connectivity index (χ4n) is 3.41. The van der Waals surface area contributed by atoms with Crippen molar-refractivity contribution in [1.82, 2.24) is 5.32 Å². The molecule has 2 N–H and O–H groups in total. The zero-order chi connectivity index (χ0) is 19.6. The van der Waals surface area contributed by atoms with Gasteiger partial charge in [0.1, 0.15) is 12.6 Å².